The molecule has 1 saturated heterocycles. The molecule has 1 atom stereocenters. The van der Waals surface area contributed by atoms with Crippen LogP contribution in [-0.4, -0.2) is 29.0 Å². The molecule has 1 aromatic rings. The van der Waals surface area contributed by atoms with Crippen molar-refractivity contribution in [2.45, 2.75) is 25.4 Å². The minimum Gasteiger partial charge on any atom is -0.329 e. The van der Waals surface area contributed by atoms with Crippen molar-refractivity contribution < 1.29 is 0 Å². The smallest absolute Gasteiger partial charge is 0.0410 e. The number of halogens is 2. The molecule has 1 aromatic heterocycles. The Morgan fingerprint density at radius 1 is 1.50 bits per heavy atom. The van der Waals surface area contributed by atoms with Crippen LogP contribution in [0.5, 0.6) is 0 Å². The summed E-state index contributed by atoms with van der Waals surface area (Å²) >= 11 is 3.44. The minimum absolute atomic E-state index is 0. The van der Waals surface area contributed by atoms with Crippen LogP contribution >= 0.6 is 28.3 Å². The van der Waals surface area contributed by atoms with Crippen molar-refractivity contribution in [3.8, 4) is 0 Å². The van der Waals surface area contributed by atoms with Crippen molar-refractivity contribution in [1.82, 2.24) is 9.88 Å². The molecule has 0 saturated carbocycles. The third-order valence-corrected chi connectivity index (χ3v) is 3.35. The highest BCUT2D eigenvalue weighted by Crippen LogP contribution is 2.20. The summed E-state index contributed by atoms with van der Waals surface area (Å²) < 4.78 is 1.04. The number of hydrogen-bond donors (Lipinski definition) is 1. The Bertz CT molecular complexity index is 335. The number of likely N-dealkylation sites (tertiary alicyclic amines) is 1. The molecule has 0 aliphatic carbocycles. The number of nitrogens with two attached hydrogens (primary N) is 1. The van der Waals surface area contributed by atoms with Crippen molar-refractivity contribution in [3.63, 3.8) is 0 Å². The maximum absolute atomic E-state index is 5.74. The van der Waals surface area contributed by atoms with Crippen molar-refractivity contribution >= 4 is 28.3 Å². The molecule has 90 valence electrons. The van der Waals surface area contributed by atoms with E-state index in [4.69, 9.17) is 5.73 Å². The summed E-state index contributed by atoms with van der Waals surface area (Å²) in [6, 6.07) is 2.68. The van der Waals surface area contributed by atoms with E-state index in [-0.39, 0.29) is 12.4 Å². The second-order valence-corrected chi connectivity index (χ2v) is 4.93. The Balaban J connectivity index is 0.00000128. The van der Waals surface area contributed by atoms with Gasteiger partial charge in [-0.3, -0.25) is 9.88 Å². The lowest BCUT2D eigenvalue weighted by molar-refractivity contribution is 0.250. The lowest BCUT2D eigenvalue weighted by Gasteiger charge is -2.22. The quantitative estimate of drug-likeness (QED) is 0.931. The van der Waals surface area contributed by atoms with Crippen LogP contribution in [0.25, 0.3) is 0 Å². The fourth-order valence-electron chi connectivity index (χ4n) is 2.15. The van der Waals surface area contributed by atoms with Gasteiger partial charge in [-0.2, -0.15) is 0 Å². The Kier molecular flexibility index (Phi) is 5.69. The van der Waals surface area contributed by atoms with Crippen LogP contribution in [0.2, 0.25) is 0 Å². The van der Waals surface area contributed by atoms with Crippen molar-refractivity contribution in [1.29, 1.82) is 0 Å². The fraction of sp³-hybridized carbons (Fsp3) is 0.545. The zero-order valence-electron chi connectivity index (χ0n) is 9.10. The topological polar surface area (TPSA) is 42.1 Å². The van der Waals surface area contributed by atoms with Gasteiger partial charge in [-0.1, -0.05) is 0 Å². The lowest BCUT2D eigenvalue weighted by Crippen LogP contribution is -2.34. The third-order valence-electron chi connectivity index (χ3n) is 2.92. The highest BCUT2D eigenvalue weighted by Gasteiger charge is 2.22. The highest BCUT2D eigenvalue weighted by molar-refractivity contribution is 9.10. The van der Waals surface area contributed by atoms with Crippen LogP contribution in [0.1, 0.15) is 18.4 Å². The van der Waals surface area contributed by atoms with Crippen LogP contribution in [0, 0.1) is 0 Å². The van der Waals surface area contributed by atoms with E-state index in [1.165, 1.54) is 18.4 Å². The van der Waals surface area contributed by atoms with E-state index in [9.17, 15) is 0 Å². The van der Waals surface area contributed by atoms with Gasteiger partial charge in [0.15, 0.2) is 0 Å². The van der Waals surface area contributed by atoms with Gasteiger partial charge in [0.1, 0.15) is 0 Å². The molecule has 16 heavy (non-hydrogen) atoms. The first-order valence-corrected chi connectivity index (χ1v) is 6.12. The van der Waals surface area contributed by atoms with Crippen LogP contribution in [0.3, 0.4) is 0 Å². The van der Waals surface area contributed by atoms with Crippen LogP contribution < -0.4 is 5.73 Å². The summed E-state index contributed by atoms with van der Waals surface area (Å²) in [5, 5.41) is 0. The van der Waals surface area contributed by atoms with Gasteiger partial charge in [-0.05, 0) is 46.9 Å². The molecule has 0 spiro atoms. The van der Waals surface area contributed by atoms with Gasteiger partial charge in [0.2, 0.25) is 0 Å². The second kappa shape index (κ2) is 6.55. The Morgan fingerprint density at radius 3 is 3.00 bits per heavy atom. The molecule has 5 heteroatoms. The lowest BCUT2D eigenvalue weighted by atomic mass is 10.2. The van der Waals surface area contributed by atoms with E-state index in [0.717, 1.165) is 24.1 Å². The summed E-state index contributed by atoms with van der Waals surface area (Å²) in [5.41, 5.74) is 7.00. The van der Waals surface area contributed by atoms with Crippen LogP contribution in [0.15, 0.2) is 22.9 Å². The second-order valence-electron chi connectivity index (χ2n) is 4.01. The summed E-state index contributed by atoms with van der Waals surface area (Å²) in [7, 11) is 0. The molecule has 1 aliphatic heterocycles. The Labute approximate surface area is 111 Å². The van der Waals surface area contributed by atoms with Crippen LogP contribution in [-0.2, 0) is 6.54 Å². The molecular weight excluding hydrogens is 289 g/mol. The first-order valence-electron chi connectivity index (χ1n) is 5.33. The molecule has 2 N–H and O–H groups in total. The number of rotatable bonds is 3. The molecule has 1 fully saturated rings. The normalized spacial score (nSPS) is 20.8. The molecule has 0 radical (unpaired) electrons. The van der Waals surface area contributed by atoms with E-state index < -0.39 is 0 Å². The molecule has 1 aliphatic rings. The predicted octanol–water partition coefficient (Wildman–Crippen LogP) is 2.19. The summed E-state index contributed by atoms with van der Waals surface area (Å²) in [5.74, 6) is 0. The number of nitrogens with zero attached hydrogens (tertiary/aromatic N) is 2. The predicted molar refractivity (Wildman–Crippen MR) is 71.7 cm³/mol. The van der Waals surface area contributed by atoms with E-state index in [0.29, 0.717) is 6.04 Å². The molecule has 3 nitrogen and oxygen atoms in total. The number of pyridine rings is 1. The largest absolute Gasteiger partial charge is 0.329 e. The van der Waals surface area contributed by atoms with Gasteiger partial charge < -0.3 is 5.73 Å². The molecule has 1 unspecified atom stereocenters. The first-order chi connectivity index (χ1) is 7.29. The Hall–Kier alpha value is -0.160. The van der Waals surface area contributed by atoms with Gasteiger partial charge in [0, 0.05) is 36.0 Å². The zero-order chi connectivity index (χ0) is 10.7. The highest BCUT2D eigenvalue weighted by atomic mass is 79.9. The van der Waals surface area contributed by atoms with Gasteiger partial charge >= 0.3 is 0 Å². The summed E-state index contributed by atoms with van der Waals surface area (Å²) in [4.78, 5) is 6.62. The monoisotopic (exact) mass is 305 g/mol. The zero-order valence-corrected chi connectivity index (χ0v) is 11.5. The molecule has 0 aromatic carbocycles. The van der Waals surface area contributed by atoms with Gasteiger partial charge in [-0.25, -0.2) is 0 Å². The van der Waals surface area contributed by atoms with Gasteiger partial charge in [0.05, 0.1) is 0 Å². The molecular formula is C11H17BrClN3. The number of hydrogen-bond acceptors (Lipinski definition) is 3. The molecule has 2 heterocycles. The molecule has 0 bridgehead atoms. The first kappa shape index (κ1) is 13.9. The maximum Gasteiger partial charge on any atom is 0.0410 e. The van der Waals surface area contributed by atoms with Crippen molar-refractivity contribution in [3.05, 3.63) is 28.5 Å². The van der Waals surface area contributed by atoms with E-state index >= 15 is 0 Å². The average Bonchev–Trinajstić information content (AvgIpc) is 2.65. The fourth-order valence-corrected chi connectivity index (χ4v) is 2.56. The van der Waals surface area contributed by atoms with E-state index in [2.05, 4.69) is 31.9 Å². The third kappa shape index (κ3) is 3.42. The molecule has 2 rings (SSSR count). The minimum atomic E-state index is 0. The standard InChI is InChI=1S/C11H16BrN3.ClH/c12-10-4-9(6-14-7-10)8-15-3-1-2-11(15)5-13;/h4,6-7,11H,1-3,5,8,13H2;1H. The van der Waals surface area contributed by atoms with E-state index in [1.54, 1.807) is 0 Å². The maximum atomic E-state index is 5.74. The van der Waals surface area contributed by atoms with Gasteiger partial charge in [0.25, 0.3) is 0 Å². The average molecular weight is 307 g/mol. The molecule has 0 amide bonds. The van der Waals surface area contributed by atoms with Crippen molar-refractivity contribution in [2.24, 2.45) is 5.73 Å². The van der Waals surface area contributed by atoms with Gasteiger partial charge in [-0.15, -0.1) is 12.4 Å². The summed E-state index contributed by atoms with van der Waals surface area (Å²) in [6.45, 7) is 2.89. The van der Waals surface area contributed by atoms with Crippen molar-refractivity contribution in [2.75, 3.05) is 13.1 Å². The summed E-state index contributed by atoms with van der Waals surface area (Å²) in [6.07, 6.45) is 6.24. The van der Waals surface area contributed by atoms with E-state index in [1.807, 2.05) is 12.4 Å². The Morgan fingerprint density at radius 2 is 2.31 bits per heavy atom. The SMILES string of the molecule is Cl.NCC1CCCN1Cc1cncc(Br)c1. The van der Waals surface area contributed by atoms with Crippen LogP contribution in [0.4, 0.5) is 0 Å². The number of aromatic nitrogens is 1.